The Morgan fingerprint density at radius 3 is 2.84 bits per heavy atom. The van der Waals surface area contributed by atoms with E-state index in [1.54, 1.807) is 0 Å². The van der Waals surface area contributed by atoms with Crippen LogP contribution in [0.1, 0.15) is 32.3 Å². The Balaban J connectivity index is 2.02. The predicted octanol–water partition coefficient (Wildman–Crippen LogP) is 3.89. The van der Waals surface area contributed by atoms with Crippen molar-refractivity contribution in [3.05, 3.63) is 28.8 Å². The molecule has 19 heavy (non-hydrogen) atoms. The Bertz CT molecular complexity index is 425. The maximum Gasteiger partial charge on any atom is 0.138 e. The molecule has 1 aliphatic heterocycles. The fourth-order valence-corrected chi connectivity index (χ4v) is 3.54. The summed E-state index contributed by atoms with van der Waals surface area (Å²) < 4.78 is 5.99. The van der Waals surface area contributed by atoms with Gasteiger partial charge in [-0.3, -0.25) is 0 Å². The van der Waals surface area contributed by atoms with E-state index in [1.807, 2.05) is 37.7 Å². The highest BCUT2D eigenvalue weighted by atomic mass is 35.5. The number of hydrogen-bond donors (Lipinski definition) is 1. The van der Waals surface area contributed by atoms with Crippen LogP contribution in [0.5, 0.6) is 5.75 Å². The smallest absolute Gasteiger partial charge is 0.138 e. The fourth-order valence-electron chi connectivity index (χ4n) is 2.26. The summed E-state index contributed by atoms with van der Waals surface area (Å²) in [6.45, 7) is 4.04. The first-order valence-electron chi connectivity index (χ1n) is 6.76. The molecule has 2 rings (SSSR count). The van der Waals surface area contributed by atoms with Gasteiger partial charge >= 0.3 is 0 Å². The number of thioether (sulfide) groups is 1. The predicted molar refractivity (Wildman–Crippen MR) is 84.4 cm³/mol. The van der Waals surface area contributed by atoms with Crippen LogP contribution in [0.15, 0.2) is 18.2 Å². The Labute approximate surface area is 125 Å². The normalized spacial score (nSPS) is 20.3. The second kappa shape index (κ2) is 6.38. The Hall–Kier alpha value is -0.380. The second-order valence-electron chi connectivity index (χ2n) is 5.89. The molecule has 2 nitrogen and oxygen atoms in total. The minimum absolute atomic E-state index is 0.217. The van der Waals surface area contributed by atoms with E-state index < -0.39 is 0 Å². The molecule has 106 valence electrons. The molecule has 1 unspecified atom stereocenters. The van der Waals surface area contributed by atoms with E-state index in [4.69, 9.17) is 22.1 Å². The molecule has 1 heterocycles. The number of nitrogens with two attached hydrogens (primary N) is 1. The zero-order valence-electron chi connectivity index (χ0n) is 11.6. The molecule has 0 amide bonds. The molecule has 0 bridgehead atoms. The molecule has 1 aromatic carbocycles. The molecule has 0 aromatic heterocycles. The molecule has 0 radical (unpaired) electrons. The summed E-state index contributed by atoms with van der Waals surface area (Å²) in [6, 6.07) is 6.01. The van der Waals surface area contributed by atoms with Crippen LogP contribution in [-0.2, 0) is 6.42 Å². The van der Waals surface area contributed by atoms with Crippen molar-refractivity contribution < 1.29 is 4.74 Å². The minimum Gasteiger partial charge on any atom is -0.488 e. The van der Waals surface area contributed by atoms with Gasteiger partial charge < -0.3 is 10.5 Å². The van der Waals surface area contributed by atoms with E-state index in [-0.39, 0.29) is 5.54 Å². The van der Waals surface area contributed by atoms with E-state index in [2.05, 4.69) is 6.07 Å². The van der Waals surface area contributed by atoms with E-state index in [0.29, 0.717) is 11.1 Å². The van der Waals surface area contributed by atoms with Crippen LogP contribution in [0.2, 0.25) is 5.02 Å². The zero-order valence-corrected chi connectivity index (χ0v) is 13.2. The van der Waals surface area contributed by atoms with Crippen LogP contribution in [0.3, 0.4) is 0 Å². The molecule has 4 heteroatoms. The second-order valence-corrected chi connectivity index (χ2v) is 7.44. The summed E-state index contributed by atoms with van der Waals surface area (Å²) in [6.07, 6.45) is 3.47. The van der Waals surface area contributed by atoms with Crippen LogP contribution in [-0.4, -0.2) is 23.1 Å². The van der Waals surface area contributed by atoms with Crippen LogP contribution in [0, 0.1) is 0 Å². The Morgan fingerprint density at radius 2 is 2.26 bits per heavy atom. The highest BCUT2D eigenvalue weighted by Gasteiger charge is 2.17. The summed E-state index contributed by atoms with van der Waals surface area (Å²) in [5, 5.41) is 0.692. The number of rotatable bonds is 4. The molecule has 1 fully saturated rings. The molecule has 0 aliphatic carbocycles. The number of halogens is 1. The summed E-state index contributed by atoms with van der Waals surface area (Å²) in [7, 11) is 0. The van der Waals surface area contributed by atoms with Crippen molar-refractivity contribution >= 4 is 23.4 Å². The van der Waals surface area contributed by atoms with Crippen LogP contribution in [0.25, 0.3) is 0 Å². The van der Waals surface area contributed by atoms with Crippen molar-refractivity contribution in [1.82, 2.24) is 0 Å². The molecular formula is C15H22ClNOS. The molecule has 1 atom stereocenters. The Morgan fingerprint density at radius 1 is 1.47 bits per heavy atom. The first-order valence-corrected chi connectivity index (χ1v) is 8.29. The average Bonchev–Trinajstić information content (AvgIpc) is 2.32. The minimum atomic E-state index is -0.217. The highest BCUT2D eigenvalue weighted by Crippen LogP contribution is 2.30. The summed E-state index contributed by atoms with van der Waals surface area (Å²) >= 11 is 8.26. The molecular weight excluding hydrogens is 278 g/mol. The van der Waals surface area contributed by atoms with Crippen LogP contribution < -0.4 is 10.5 Å². The van der Waals surface area contributed by atoms with Crippen LogP contribution >= 0.6 is 23.4 Å². The SMILES string of the molecule is CC(C)(N)Cc1ccc(OC2CCCSC2)c(Cl)c1. The molecule has 0 spiro atoms. The molecule has 1 aromatic rings. The molecule has 1 saturated heterocycles. The van der Waals surface area contributed by atoms with Crippen molar-refractivity contribution in [1.29, 1.82) is 0 Å². The first-order chi connectivity index (χ1) is 8.94. The topological polar surface area (TPSA) is 35.2 Å². The van der Waals surface area contributed by atoms with Gasteiger partial charge in [-0.05, 0) is 56.6 Å². The van der Waals surface area contributed by atoms with Crippen LogP contribution in [0.4, 0.5) is 0 Å². The summed E-state index contributed by atoms with van der Waals surface area (Å²) in [4.78, 5) is 0. The van der Waals surface area contributed by atoms with Crippen molar-refractivity contribution in [2.45, 2.75) is 44.8 Å². The number of hydrogen-bond acceptors (Lipinski definition) is 3. The van der Waals surface area contributed by atoms with E-state index in [9.17, 15) is 0 Å². The lowest BCUT2D eigenvalue weighted by molar-refractivity contribution is 0.211. The van der Waals surface area contributed by atoms with Gasteiger partial charge in [0.15, 0.2) is 0 Å². The molecule has 0 saturated carbocycles. The number of ether oxygens (including phenoxy) is 1. The van der Waals surface area contributed by atoms with Crippen molar-refractivity contribution in [2.24, 2.45) is 5.73 Å². The van der Waals surface area contributed by atoms with E-state index >= 15 is 0 Å². The highest BCUT2D eigenvalue weighted by molar-refractivity contribution is 7.99. The maximum absolute atomic E-state index is 6.30. The van der Waals surface area contributed by atoms with Gasteiger partial charge in [0.05, 0.1) is 5.02 Å². The van der Waals surface area contributed by atoms with Gasteiger partial charge in [-0.25, -0.2) is 0 Å². The molecule has 2 N–H and O–H groups in total. The van der Waals surface area contributed by atoms with E-state index in [0.717, 1.165) is 29.9 Å². The van der Waals surface area contributed by atoms with Gasteiger partial charge in [-0.1, -0.05) is 17.7 Å². The first kappa shape index (κ1) is 15.0. The van der Waals surface area contributed by atoms with Gasteiger partial charge in [0.25, 0.3) is 0 Å². The Kier molecular flexibility index (Phi) is 5.04. The van der Waals surface area contributed by atoms with Gasteiger partial charge in [-0.2, -0.15) is 11.8 Å². The largest absolute Gasteiger partial charge is 0.488 e. The standard InChI is InChI=1S/C15H22ClNOS/c1-15(2,17)9-11-5-6-14(13(16)8-11)18-12-4-3-7-19-10-12/h5-6,8,12H,3-4,7,9-10,17H2,1-2H3. The zero-order chi connectivity index (χ0) is 13.9. The van der Waals surface area contributed by atoms with Crippen molar-refractivity contribution in [3.63, 3.8) is 0 Å². The van der Waals surface area contributed by atoms with Gasteiger partial charge in [0, 0.05) is 11.3 Å². The maximum atomic E-state index is 6.30. The van der Waals surface area contributed by atoms with Gasteiger partial charge in [0.1, 0.15) is 11.9 Å². The van der Waals surface area contributed by atoms with Gasteiger partial charge in [-0.15, -0.1) is 0 Å². The quantitative estimate of drug-likeness (QED) is 0.916. The van der Waals surface area contributed by atoms with Gasteiger partial charge in [0.2, 0.25) is 0 Å². The van der Waals surface area contributed by atoms with E-state index in [1.165, 1.54) is 12.2 Å². The fraction of sp³-hybridized carbons (Fsp3) is 0.600. The summed E-state index contributed by atoms with van der Waals surface area (Å²) in [5.41, 5.74) is 6.97. The monoisotopic (exact) mass is 299 g/mol. The van der Waals surface area contributed by atoms with Crippen molar-refractivity contribution in [2.75, 3.05) is 11.5 Å². The molecule has 1 aliphatic rings. The lowest BCUT2D eigenvalue weighted by Crippen LogP contribution is -2.34. The lowest BCUT2D eigenvalue weighted by atomic mass is 9.96. The third kappa shape index (κ3) is 4.90. The average molecular weight is 300 g/mol. The third-order valence-corrected chi connectivity index (χ3v) is 4.55. The third-order valence-electron chi connectivity index (χ3n) is 3.07. The number of benzene rings is 1. The van der Waals surface area contributed by atoms with Crippen molar-refractivity contribution in [3.8, 4) is 5.75 Å². The summed E-state index contributed by atoms with van der Waals surface area (Å²) in [5.74, 6) is 3.11. The lowest BCUT2D eigenvalue weighted by Gasteiger charge is -2.24.